The van der Waals surface area contributed by atoms with Gasteiger partial charge in [-0.2, -0.15) is 5.10 Å². The summed E-state index contributed by atoms with van der Waals surface area (Å²) in [5.41, 5.74) is 2.44. The Balaban J connectivity index is 0.000000583. The molecular weight excluding hydrogens is 198 g/mol. The van der Waals surface area contributed by atoms with Crippen LogP contribution >= 0.6 is 0 Å². The highest BCUT2D eigenvalue weighted by Gasteiger charge is 2.03. The summed E-state index contributed by atoms with van der Waals surface area (Å²) < 4.78 is 1.73. The average molecular weight is 217 g/mol. The van der Waals surface area contributed by atoms with Gasteiger partial charge in [-0.25, -0.2) is 4.98 Å². The first kappa shape index (κ1) is 12.3. The quantitative estimate of drug-likeness (QED) is 0.635. The second-order valence-electron chi connectivity index (χ2n) is 3.69. The van der Waals surface area contributed by atoms with Crippen molar-refractivity contribution in [3.8, 4) is 12.3 Å². The largest absolute Gasteiger partial charge is 0.273 e. The van der Waals surface area contributed by atoms with E-state index in [0.717, 1.165) is 22.3 Å². The topological polar surface area (TPSA) is 30.7 Å². The highest BCUT2D eigenvalue weighted by Crippen LogP contribution is 2.13. The van der Waals surface area contributed by atoms with Crippen LogP contribution in [-0.2, 0) is 7.05 Å². The molecule has 0 atom stereocenters. The predicted octanol–water partition coefficient (Wildman–Crippen LogP) is 2.92. The van der Waals surface area contributed by atoms with Crippen LogP contribution in [0.3, 0.4) is 0 Å². The van der Waals surface area contributed by atoms with Crippen molar-refractivity contribution in [2.75, 3.05) is 0 Å². The Bertz CT molecular complexity index is 523. The summed E-state index contributed by atoms with van der Waals surface area (Å²) in [6, 6.07) is 1.94. The molecule has 0 aliphatic carbocycles. The zero-order valence-electron chi connectivity index (χ0n) is 10.3. The molecule has 3 nitrogen and oxygen atoms in total. The minimum Gasteiger partial charge on any atom is -0.273 e. The molecule has 2 aromatic heterocycles. The van der Waals surface area contributed by atoms with E-state index in [0.29, 0.717) is 0 Å². The van der Waals surface area contributed by atoms with Crippen molar-refractivity contribution in [1.82, 2.24) is 14.8 Å². The molecule has 3 heteroatoms. The molecule has 16 heavy (non-hydrogen) atoms. The van der Waals surface area contributed by atoms with Gasteiger partial charge < -0.3 is 0 Å². The summed E-state index contributed by atoms with van der Waals surface area (Å²) in [4.78, 5) is 4.29. The number of aryl methyl sites for hydroxylation is 2. The molecule has 0 saturated heterocycles. The van der Waals surface area contributed by atoms with Crippen molar-refractivity contribution < 1.29 is 1.43 Å². The van der Waals surface area contributed by atoms with Gasteiger partial charge in [0.2, 0.25) is 0 Å². The van der Waals surface area contributed by atoms with Crippen LogP contribution in [0.15, 0.2) is 12.3 Å². The number of hydrogen-bond donors (Lipinski definition) is 0. The number of terminal acetylenes is 1. The summed E-state index contributed by atoms with van der Waals surface area (Å²) >= 11 is 0. The Morgan fingerprint density at radius 3 is 2.69 bits per heavy atom. The van der Waals surface area contributed by atoms with Crippen LogP contribution in [0.25, 0.3) is 11.0 Å². The number of rotatable bonds is 0. The molecule has 0 aliphatic rings. The van der Waals surface area contributed by atoms with Gasteiger partial charge in [-0.05, 0) is 13.0 Å². The van der Waals surface area contributed by atoms with E-state index in [2.05, 4.69) is 29.9 Å². The van der Waals surface area contributed by atoms with Crippen LogP contribution in [0.5, 0.6) is 0 Å². The Morgan fingerprint density at radius 2 is 2.12 bits per heavy atom. The van der Waals surface area contributed by atoms with E-state index in [1.807, 2.05) is 26.2 Å². The molecule has 0 spiro atoms. The standard InChI is InChI=1S/C10H9N3.C3H8.H2/c1-4-8-5-9-6-13(3)12-10(9)11-7(8)2;1-3-2;/h1,5-6H,2-3H3;3H2,1-2H3;1H. The van der Waals surface area contributed by atoms with Crippen LogP contribution in [0.2, 0.25) is 0 Å². The summed E-state index contributed by atoms with van der Waals surface area (Å²) in [6.45, 7) is 6.14. The summed E-state index contributed by atoms with van der Waals surface area (Å²) in [5, 5.41) is 5.17. The van der Waals surface area contributed by atoms with Crippen molar-refractivity contribution in [1.29, 1.82) is 0 Å². The van der Waals surface area contributed by atoms with Gasteiger partial charge in [-0.15, -0.1) is 6.42 Å². The maximum absolute atomic E-state index is 5.33. The highest BCUT2D eigenvalue weighted by molar-refractivity contribution is 5.76. The normalized spacial score (nSPS) is 9.44. The van der Waals surface area contributed by atoms with E-state index in [1.165, 1.54) is 6.42 Å². The molecule has 0 aliphatic heterocycles. The molecule has 0 fully saturated rings. The highest BCUT2D eigenvalue weighted by atomic mass is 15.3. The minimum absolute atomic E-state index is 0. The van der Waals surface area contributed by atoms with Crippen LogP contribution in [0.4, 0.5) is 0 Å². The number of hydrogen-bond acceptors (Lipinski definition) is 2. The Morgan fingerprint density at radius 1 is 1.50 bits per heavy atom. The Hall–Kier alpha value is -1.82. The molecule has 0 unspecified atom stereocenters. The van der Waals surface area contributed by atoms with Gasteiger partial charge in [0.05, 0.1) is 5.69 Å². The van der Waals surface area contributed by atoms with Gasteiger partial charge >= 0.3 is 0 Å². The lowest BCUT2D eigenvalue weighted by atomic mass is 10.2. The average Bonchev–Trinajstić information content (AvgIpc) is 2.57. The maximum atomic E-state index is 5.33. The van der Waals surface area contributed by atoms with Crippen LogP contribution in [-0.4, -0.2) is 14.8 Å². The predicted molar refractivity (Wildman–Crippen MR) is 69.3 cm³/mol. The van der Waals surface area contributed by atoms with Crippen molar-refractivity contribution in [3.05, 3.63) is 23.5 Å². The Kier molecular flexibility index (Phi) is 4.07. The van der Waals surface area contributed by atoms with Crippen LogP contribution in [0, 0.1) is 19.3 Å². The van der Waals surface area contributed by atoms with Gasteiger partial charge in [0.15, 0.2) is 5.65 Å². The Labute approximate surface area is 98.0 Å². The lowest BCUT2D eigenvalue weighted by molar-refractivity contribution is 0.775. The molecule has 0 bridgehead atoms. The van der Waals surface area contributed by atoms with Gasteiger partial charge in [-0.3, -0.25) is 4.68 Å². The lowest BCUT2D eigenvalue weighted by Gasteiger charge is -1.95. The first-order valence-corrected chi connectivity index (χ1v) is 5.40. The van der Waals surface area contributed by atoms with E-state index in [1.54, 1.807) is 4.68 Å². The third-order valence-electron chi connectivity index (χ3n) is 1.96. The number of fused-ring (bicyclic) bond motifs is 1. The molecule has 0 amide bonds. The number of pyridine rings is 1. The molecule has 2 aromatic rings. The molecule has 2 rings (SSSR count). The molecular formula is C13H19N3. The van der Waals surface area contributed by atoms with Crippen molar-refractivity contribution in [2.24, 2.45) is 7.05 Å². The van der Waals surface area contributed by atoms with E-state index in [9.17, 15) is 0 Å². The maximum Gasteiger partial charge on any atom is 0.181 e. The second kappa shape index (κ2) is 5.32. The molecule has 0 radical (unpaired) electrons. The number of nitrogens with zero attached hydrogens (tertiary/aromatic N) is 3. The SMILES string of the molecule is C#Cc1cc2cn(C)nc2nc1C.CCC.[HH]. The molecule has 0 aromatic carbocycles. The lowest BCUT2D eigenvalue weighted by Crippen LogP contribution is -1.89. The molecule has 0 saturated carbocycles. The molecule has 0 N–H and O–H groups in total. The van der Waals surface area contributed by atoms with E-state index in [4.69, 9.17) is 6.42 Å². The summed E-state index contributed by atoms with van der Waals surface area (Å²) in [5.74, 6) is 2.60. The number of aromatic nitrogens is 3. The molecule has 2 heterocycles. The van der Waals surface area contributed by atoms with Crippen LogP contribution in [0.1, 0.15) is 33.0 Å². The van der Waals surface area contributed by atoms with Gasteiger partial charge in [0, 0.05) is 25.6 Å². The van der Waals surface area contributed by atoms with Crippen molar-refractivity contribution in [3.63, 3.8) is 0 Å². The first-order valence-electron chi connectivity index (χ1n) is 5.40. The van der Waals surface area contributed by atoms with E-state index < -0.39 is 0 Å². The molecule has 86 valence electrons. The first-order chi connectivity index (χ1) is 7.62. The van der Waals surface area contributed by atoms with E-state index >= 15 is 0 Å². The van der Waals surface area contributed by atoms with Crippen molar-refractivity contribution in [2.45, 2.75) is 27.2 Å². The van der Waals surface area contributed by atoms with Gasteiger partial charge in [0.1, 0.15) is 0 Å². The van der Waals surface area contributed by atoms with Gasteiger partial charge in [-0.1, -0.05) is 26.2 Å². The fraction of sp³-hybridized carbons (Fsp3) is 0.385. The minimum atomic E-state index is 0. The summed E-state index contributed by atoms with van der Waals surface area (Å²) in [6.07, 6.45) is 8.49. The fourth-order valence-corrected chi connectivity index (χ4v) is 1.31. The second-order valence-corrected chi connectivity index (χ2v) is 3.69. The zero-order valence-corrected chi connectivity index (χ0v) is 10.3. The zero-order chi connectivity index (χ0) is 12.1. The smallest absolute Gasteiger partial charge is 0.181 e. The monoisotopic (exact) mass is 217 g/mol. The summed E-state index contributed by atoms with van der Waals surface area (Å²) in [7, 11) is 1.87. The van der Waals surface area contributed by atoms with Crippen LogP contribution < -0.4 is 0 Å². The van der Waals surface area contributed by atoms with Gasteiger partial charge in [0.25, 0.3) is 0 Å². The van der Waals surface area contributed by atoms with E-state index in [-0.39, 0.29) is 1.43 Å². The fourth-order valence-electron chi connectivity index (χ4n) is 1.31. The van der Waals surface area contributed by atoms with Crippen molar-refractivity contribution >= 4 is 11.0 Å². The third kappa shape index (κ3) is 2.60. The third-order valence-corrected chi connectivity index (χ3v) is 1.96.